The average Bonchev–Trinajstić information content (AvgIpc) is 2.87. The smallest absolute Gasteiger partial charge is 0.0666 e. The predicted octanol–water partition coefficient (Wildman–Crippen LogP) is 1.51. The highest BCUT2D eigenvalue weighted by molar-refractivity contribution is 5.69. The van der Waals surface area contributed by atoms with Gasteiger partial charge < -0.3 is 10.3 Å². The predicted molar refractivity (Wildman–Crippen MR) is 78.8 cm³/mol. The van der Waals surface area contributed by atoms with Crippen molar-refractivity contribution in [3.63, 3.8) is 0 Å². The van der Waals surface area contributed by atoms with Crippen LogP contribution in [0.3, 0.4) is 0 Å². The van der Waals surface area contributed by atoms with Crippen LogP contribution in [0.2, 0.25) is 0 Å². The third-order valence-corrected chi connectivity index (χ3v) is 3.91. The van der Waals surface area contributed by atoms with Gasteiger partial charge in [0.15, 0.2) is 0 Å². The van der Waals surface area contributed by atoms with Crippen molar-refractivity contribution in [1.82, 2.24) is 10.3 Å². The van der Waals surface area contributed by atoms with Crippen molar-refractivity contribution in [2.24, 2.45) is 0 Å². The molecule has 19 heavy (non-hydrogen) atoms. The maximum Gasteiger partial charge on any atom is 0.0666 e. The van der Waals surface area contributed by atoms with Crippen LogP contribution in [0.5, 0.6) is 0 Å². The summed E-state index contributed by atoms with van der Waals surface area (Å²) < 4.78 is 0. The molecule has 2 N–H and O–H groups in total. The zero-order valence-electron chi connectivity index (χ0n) is 10.7. The van der Waals surface area contributed by atoms with Crippen LogP contribution in [0.4, 0.5) is 0 Å². The lowest BCUT2D eigenvalue weighted by Crippen LogP contribution is -2.32. The summed E-state index contributed by atoms with van der Waals surface area (Å²) in [6.45, 7) is 1.01. The van der Waals surface area contributed by atoms with Gasteiger partial charge in [0, 0.05) is 17.5 Å². The highest BCUT2D eigenvalue weighted by Gasteiger charge is 2.16. The van der Waals surface area contributed by atoms with Crippen LogP contribution in [0.1, 0.15) is 23.1 Å². The zero-order valence-corrected chi connectivity index (χ0v) is 10.7. The highest BCUT2D eigenvalue weighted by atomic mass is 14.9. The molecule has 0 amide bonds. The van der Waals surface area contributed by atoms with E-state index in [2.05, 4.69) is 58.9 Å². The lowest BCUT2D eigenvalue weighted by Gasteiger charge is -2.16. The van der Waals surface area contributed by atoms with Gasteiger partial charge in [-0.25, -0.2) is 0 Å². The third-order valence-electron chi connectivity index (χ3n) is 3.91. The summed E-state index contributed by atoms with van der Waals surface area (Å²) in [5, 5.41) is 6.10. The van der Waals surface area contributed by atoms with Crippen molar-refractivity contribution in [3.8, 4) is 0 Å². The SMILES string of the molecule is C1=Cc2c3c([nH]c2=CC1)=C(c1ccccc1)NCC3. The van der Waals surface area contributed by atoms with E-state index in [9.17, 15) is 0 Å². The minimum atomic E-state index is 1.01. The first-order valence-electron chi connectivity index (χ1n) is 6.84. The number of aromatic nitrogens is 1. The van der Waals surface area contributed by atoms with Crippen LogP contribution in [0.15, 0.2) is 36.4 Å². The summed E-state index contributed by atoms with van der Waals surface area (Å²) in [4.78, 5) is 3.60. The standard InChI is InChI=1S/C17H16N2/c1-2-6-12(7-3-1)16-17-14(10-11-18-16)13-8-4-5-9-15(13)19-17/h1-4,6-9,18-19H,5,10-11H2. The van der Waals surface area contributed by atoms with E-state index in [4.69, 9.17) is 0 Å². The van der Waals surface area contributed by atoms with Gasteiger partial charge in [-0.15, -0.1) is 0 Å². The molecule has 0 fully saturated rings. The molecule has 0 atom stereocenters. The molecule has 0 radical (unpaired) electrons. The van der Waals surface area contributed by atoms with E-state index < -0.39 is 0 Å². The van der Waals surface area contributed by atoms with E-state index in [1.54, 1.807) is 0 Å². The summed E-state index contributed by atoms with van der Waals surface area (Å²) in [5.74, 6) is 0. The Morgan fingerprint density at radius 1 is 1.05 bits per heavy atom. The van der Waals surface area contributed by atoms with E-state index in [0.29, 0.717) is 0 Å². The number of rotatable bonds is 1. The van der Waals surface area contributed by atoms with Crippen molar-refractivity contribution in [1.29, 1.82) is 0 Å². The first-order valence-corrected chi connectivity index (χ1v) is 6.84. The highest BCUT2D eigenvalue weighted by Crippen LogP contribution is 2.14. The molecule has 2 heteroatoms. The number of hydrogen-bond acceptors (Lipinski definition) is 1. The molecule has 1 aromatic heterocycles. The van der Waals surface area contributed by atoms with Gasteiger partial charge in [0.05, 0.1) is 11.0 Å². The molecule has 0 bridgehead atoms. The molecule has 2 heterocycles. The van der Waals surface area contributed by atoms with Gasteiger partial charge in [-0.1, -0.05) is 48.6 Å². The number of allylic oxidation sites excluding steroid dienone is 1. The number of H-pyrrole nitrogens is 1. The molecule has 4 rings (SSSR count). The van der Waals surface area contributed by atoms with Gasteiger partial charge in [-0.2, -0.15) is 0 Å². The van der Waals surface area contributed by atoms with E-state index >= 15 is 0 Å². The van der Waals surface area contributed by atoms with Crippen molar-refractivity contribution in [2.75, 3.05) is 6.54 Å². The first-order chi connectivity index (χ1) is 9.43. The van der Waals surface area contributed by atoms with Gasteiger partial charge in [0.25, 0.3) is 0 Å². The van der Waals surface area contributed by atoms with Crippen LogP contribution in [0.25, 0.3) is 17.8 Å². The van der Waals surface area contributed by atoms with Crippen molar-refractivity contribution in [2.45, 2.75) is 12.8 Å². The number of fused-ring (bicyclic) bond motifs is 3. The number of aromatic amines is 1. The molecule has 94 valence electrons. The summed E-state index contributed by atoms with van der Waals surface area (Å²) in [5.41, 5.74) is 5.33. The largest absolute Gasteiger partial charge is 0.383 e. The number of hydrogen-bond donors (Lipinski definition) is 2. The molecule has 0 saturated heterocycles. The summed E-state index contributed by atoms with van der Waals surface area (Å²) in [7, 11) is 0. The summed E-state index contributed by atoms with van der Waals surface area (Å²) in [6, 6.07) is 10.6. The topological polar surface area (TPSA) is 27.8 Å². The Bertz CT molecular complexity index is 764. The van der Waals surface area contributed by atoms with E-state index in [1.807, 2.05) is 0 Å². The van der Waals surface area contributed by atoms with Gasteiger partial charge in [-0.3, -0.25) is 0 Å². The molecule has 0 spiro atoms. The molecular formula is C17H16N2. The van der Waals surface area contributed by atoms with E-state index in [0.717, 1.165) is 19.4 Å². The van der Waals surface area contributed by atoms with Crippen molar-refractivity contribution >= 4 is 17.8 Å². The van der Waals surface area contributed by atoms with Crippen LogP contribution < -0.4 is 16.0 Å². The Hall–Kier alpha value is -2.22. The van der Waals surface area contributed by atoms with Crippen LogP contribution >= 0.6 is 0 Å². The number of benzene rings is 1. The Morgan fingerprint density at radius 2 is 1.95 bits per heavy atom. The Balaban J connectivity index is 2.06. The molecule has 1 aromatic carbocycles. The third kappa shape index (κ3) is 1.64. The Labute approximate surface area is 112 Å². The van der Waals surface area contributed by atoms with Crippen molar-refractivity contribution < 1.29 is 0 Å². The zero-order chi connectivity index (χ0) is 12.7. The minimum Gasteiger partial charge on any atom is -0.383 e. The van der Waals surface area contributed by atoms with Crippen molar-refractivity contribution in [3.05, 3.63) is 63.8 Å². The number of nitrogens with one attached hydrogen (secondary N) is 2. The van der Waals surface area contributed by atoms with Gasteiger partial charge in [0.1, 0.15) is 0 Å². The first kappa shape index (κ1) is 10.7. The summed E-state index contributed by atoms with van der Waals surface area (Å²) >= 11 is 0. The van der Waals surface area contributed by atoms with Gasteiger partial charge >= 0.3 is 0 Å². The average molecular weight is 248 g/mol. The minimum absolute atomic E-state index is 1.01. The Kier molecular flexibility index (Phi) is 2.34. The summed E-state index contributed by atoms with van der Waals surface area (Å²) in [6.07, 6.45) is 8.89. The fraction of sp³-hybridized carbons (Fsp3) is 0.176. The fourth-order valence-corrected chi connectivity index (χ4v) is 3.02. The molecular weight excluding hydrogens is 232 g/mol. The second-order valence-electron chi connectivity index (χ2n) is 5.07. The molecule has 1 aliphatic heterocycles. The van der Waals surface area contributed by atoms with Crippen LogP contribution in [-0.4, -0.2) is 11.5 Å². The normalized spacial score (nSPS) is 16.3. The fourth-order valence-electron chi connectivity index (χ4n) is 3.02. The van der Waals surface area contributed by atoms with E-state index in [-0.39, 0.29) is 0 Å². The van der Waals surface area contributed by atoms with Gasteiger partial charge in [-0.05, 0) is 24.0 Å². The van der Waals surface area contributed by atoms with Crippen LogP contribution in [-0.2, 0) is 6.42 Å². The maximum absolute atomic E-state index is 3.60. The lowest BCUT2D eigenvalue weighted by atomic mass is 10.0. The Morgan fingerprint density at radius 3 is 2.84 bits per heavy atom. The van der Waals surface area contributed by atoms with Crippen LogP contribution in [0, 0.1) is 0 Å². The second-order valence-corrected chi connectivity index (χ2v) is 5.07. The monoisotopic (exact) mass is 248 g/mol. The van der Waals surface area contributed by atoms with Gasteiger partial charge in [0.2, 0.25) is 0 Å². The lowest BCUT2D eigenvalue weighted by molar-refractivity contribution is 0.808. The molecule has 0 saturated carbocycles. The molecule has 2 aromatic rings. The molecule has 1 aliphatic carbocycles. The quantitative estimate of drug-likeness (QED) is 0.786. The van der Waals surface area contributed by atoms with E-state index in [1.165, 1.54) is 33.1 Å². The molecule has 2 nitrogen and oxygen atoms in total. The molecule has 2 aliphatic rings. The molecule has 0 unspecified atom stereocenters. The maximum atomic E-state index is 3.60. The second kappa shape index (κ2) is 4.16.